The third-order valence-corrected chi connectivity index (χ3v) is 0. The summed E-state index contributed by atoms with van der Waals surface area (Å²) in [5.74, 6) is 0. The number of rotatable bonds is 0. The molecule has 0 aliphatic heterocycles. The Bertz CT molecular complexity index is 17.8. The smallest absolute Gasteiger partial charge is 1.00 e. The van der Waals surface area contributed by atoms with Crippen LogP contribution in [0.5, 0.6) is 0 Å². The Morgan fingerprint density at radius 2 is 0.364 bits per heavy atom. The average molecular weight is 308 g/mol. The third kappa shape index (κ3) is 192. The predicted octanol–water partition coefficient (Wildman–Crippen LogP) is -16.9. The minimum Gasteiger partial charge on any atom is -1.00 e. The Kier molecular flexibility index (Phi) is 6040. The molecule has 0 rings (SSSR count). The molecule has 0 unspecified atom stereocenters. The van der Waals surface area contributed by atoms with Crippen LogP contribution in [0.1, 0.15) is 0 Å². The van der Waals surface area contributed by atoms with Crippen LogP contribution in [-0.4, -0.2) is 32.9 Å². The van der Waals surface area contributed by atoms with Gasteiger partial charge in [0, 0.05) is 0 Å². The molecule has 6 nitrogen and oxygen atoms in total. The molecule has 0 spiro atoms. The summed E-state index contributed by atoms with van der Waals surface area (Å²) in [7, 11) is 0. The molecule has 0 bridgehead atoms. The molecule has 12 N–H and O–H groups in total. The maximum atomic E-state index is 0. The summed E-state index contributed by atoms with van der Waals surface area (Å²) in [4.78, 5) is 0. The van der Waals surface area contributed by atoms with Crippen molar-refractivity contribution in [2.45, 2.75) is 0 Å². The number of halogens is 3. The van der Waals surface area contributed by atoms with Crippen molar-refractivity contribution in [1.29, 1.82) is 0 Å². The van der Waals surface area contributed by atoms with Crippen LogP contribution in [0.25, 0.3) is 0 Å². The van der Waals surface area contributed by atoms with Crippen LogP contribution in [-0.2, 0) is 17.1 Å². The summed E-state index contributed by atoms with van der Waals surface area (Å²) in [6.07, 6.45) is 0. The zero-order valence-corrected chi connectivity index (χ0v) is 12.1. The summed E-state index contributed by atoms with van der Waals surface area (Å²) in [5.41, 5.74) is 0. The molecular formula is H12Cl3KMnO6. The first-order valence-electron chi connectivity index (χ1n) is 0. The van der Waals surface area contributed by atoms with E-state index in [1.165, 1.54) is 0 Å². The summed E-state index contributed by atoms with van der Waals surface area (Å²) in [6, 6.07) is 0. The van der Waals surface area contributed by atoms with E-state index in [9.17, 15) is 0 Å². The molecule has 11 heavy (non-hydrogen) atoms. The normalized spacial score (nSPS) is 0. The Morgan fingerprint density at radius 1 is 0.364 bits per heavy atom. The number of hydrogen-bond acceptors (Lipinski definition) is 0. The molecule has 0 saturated heterocycles. The number of hydrogen-bond donors (Lipinski definition) is 0. The van der Waals surface area contributed by atoms with Gasteiger partial charge in [-0.15, -0.1) is 0 Å². The van der Waals surface area contributed by atoms with Gasteiger partial charge in [0.25, 0.3) is 0 Å². The van der Waals surface area contributed by atoms with Gasteiger partial charge in [-0.3, -0.25) is 0 Å². The van der Waals surface area contributed by atoms with Crippen molar-refractivity contribution in [3.05, 3.63) is 0 Å². The van der Waals surface area contributed by atoms with Crippen molar-refractivity contribution in [3.63, 3.8) is 0 Å². The molecule has 0 aliphatic carbocycles. The van der Waals surface area contributed by atoms with Crippen LogP contribution >= 0.6 is 0 Å². The van der Waals surface area contributed by atoms with Crippen molar-refractivity contribution in [3.8, 4) is 0 Å². The first-order valence-corrected chi connectivity index (χ1v) is 0. The standard InChI is InChI=1S/3ClH.K.Mn.6H2O/h3*1H;;;6*1H2/q;;;+1;+2;;;;;;/p-3. The molecule has 77 valence electrons. The van der Waals surface area contributed by atoms with Gasteiger partial charge in [0.2, 0.25) is 0 Å². The Morgan fingerprint density at radius 3 is 0.364 bits per heavy atom. The Labute approximate surface area is 136 Å². The molecule has 1 radical (unpaired) electrons. The molecule has 0 aromatic heterocycles. The van der Waals surface area contributed by atoms with E-state index in [-0.39, 0.29) is 139 Å². The zero-order valence-electron chi connectivity index (χ0n) is 5.51. The summed E-state index contributed by atoms with van der Waals surface area (Å²) >= 11 is 0. The van der Waals surface area contributed by atoms with E-state index in [0.717, 1.165) is 0 Å². The molecule has 0 saturated carbocycles. The summed E-state index contributed by atoms with van der Waals surface area (Å²) in [6.45, 7) is 0. The van der Waals surface area contributed by atoms with Gasteiger partial charge in [-0.25, -0.2) is 0 Å². The molecular weight excluding hydrogens is 296 g/mol. The van der Waals surface area contributed by atoms with Crippen molar-refractivity contribution in [2.24, 2.45) is 0 Å². The van der Waals surface area contributed by atoms with Crippen molar-refractivity contribution in [2.75, 3.05) is 0 Å². The minimum absolute atomic E-state index is 0. The predicted molar refractivity (Wildman–Crippen MR) is 21.7 cm³/mol. The SMILES string of the molecule is O.O.O.O.O.O.[Cl-].[Cl-].[Cl-].[K+].[Mn+2]. The molecule has 11 heteroatoms. The second-order valence-corrected chi connectivity index (χ2v) is 0. The Hall–Kier alpha value is 2.79. The van der Waals surface area contributed by atoms with E-state index in [1.807, 2.05) is 0 Å². The fourth-order valence-corrected chi connectivity index (χ4v) is 0. The summed E-state index contributed by atoms with van der Waals surface area (Å²) < 4.78 is 0. The van der Waals surface area contributed by atoms with Gasteiger partial charge in [-0.1, -0.05) is 0 Å². The van der Waals surface area contributed by atoms with Gasteiger partial charge in [-0.05, 0) is 0 Å². The topological polar surface area (TPSA) is 189 Å². The van der Waals surface area contributed by atoms with Crippen LogP contribution in [0.3, 0.4) is 0 Å². The zero-order chi connectivity index (χ0) is 0. The van der Waals surface area contributed by atoms with Gasteiger partial charge in [-0.2, -0.15) is 0 Å². The molecule has 0 aromatic carbocycles. The Balaban J connectivity index is 0. The van der Waals surface area contributed by atoms with Crippen LogP contribution in [0.4, 0.5) is 0 Å². The molecule has 0 aliphatic rings. The van der Waals surface area contributed by atoms with Crippen molar-refractivity contribution in [1.82, 2.24) is 0 Å². The van der Waals surface area contributed by atoms with E-state index in [0.29, 0.717) is 0 Å². The quantitative estimate of drug-likeness (QED) is 0.384. The molecule has 0 amide bonds. The van der Waals surface area contributed by atoms with Gasteiger partial charge in [0.05, 0.1) is 0 Å². The fourth-order valence-electron chi connectivity index (χ4n) is 0. The van der Waals surface area contributed by atoms with E-state index < -0.39 is 0 Å². The average Bonchev–Trinajstić information content (AvgIpc) is 0. The molecule has 0 fully saturated rings. The second-order valence-electron chi connectivity index (χ2n) is 0. The summed E-state index contributed by atoms with van der Waals surface area (Å²) in [5, 5.41) is 0. The van der Waals surface area contributed by atoms with Crippen LogP contribution in [0.2, 0.25) is 0 Å². The van der Waals surface area contributed by atoms with Crippen LogP contribution < -0.4 is 88.6 Å². The molecule has 0 heterocycles. The monoisotopic (exact) mass is 307 g/mol. The van der Waals surface area contributed by atoms with E-state index in [1.54, 1.807) is 0 Å². The second kappa shape index (κ2) is 229. The van der Waals surface area contributed by atoms with E-state index in [4.69, 9.17) is 0 Å². The fraction of sp³-hybridized carbons (Fsp3) is 0. The molecule has 0 atom stereocenters. The maximum absolute atomic E-state index is 0. The van der Waals surface area contributed by atoms with Crippen LogP contribution in [0, 0.1) is 0 Å². The first kappa shape index (κ1) is 290. The van der Waals surface area contributed by atoms with Gasteiger partial charge in [0.15, 0.2) is 0 Å². The minimum atomic E-state index is 0. The van der Waals surface area contributed by atoms with Crippen LogP contribution in [0.15, 0.2) is 0 Å². The van der Waals surface area contributed by atoms with Gasteiger partial charge >= 0.3 is 68.5 Å². The third-order valence-electron chi connectivity index (χ3n) is 0. The van der Waals surface area contributed by atoms with Crippen molar-refractivity contribution < 1.29 is 139 Å². The molecule has 0 aromatic rings. The van der Waals surface area contributed by atoms with Gasteiger partial charge in [0.1, 0.15) is 0 Å². The van der Waals surface area contributed by atoms with Gasteiger partial charge < -0.3 is 70.1 Å². The first-order chi connectivity index (χ1) is 0. The van der Waals surface area contributed by atoms with Crippen molar-refractivity contribution >= 4 is 0 Å². The maximum Gasteiger partial charge on any atom is 2.00 e. The van der Waals surface area contributed by atoms with E-state index in [2.05, 4.69) is 0 Å². The van der Waals surface area contributed by atoms with E-state index >= 15 is 0 Å². The largest absolute Gasteiger partial charge is 2.00 e.